The molecule has 0 heterocycles. The van der Waals surface area contributed by atoms with Crippen molar-refractivity contribution in [1.29, 1.82) is 0 Å². The van der Waals surface area contributed by atoms with Crippen molar-refractivity contribution in [1.82, 2.24) is 0 Å². The van der Waals surface area contributed by atoms with Gasteiger partial charge in [0, 0.05) is 55.8 Å². The fourth-order valence-corrected chi connectivity index (χ4v) is 16.3. The molecule has 82 heavy (non-hydrogen) atoms. The first kappa shape index (κ1) is 50.7. The van der Waals surface area contributed by atoms with Gasteiger partial charge in [0.1, 0.15) is 0 Å². The molecular weight excluding hydrogens is 989 g/mol. The Morgan fingerprint density at radius 3 is 1.17 bits per heavy atom. The van der Waals surface area contributed by atoms with E-state index < -0.39 is 0 Å². The van der Waals surface area contributed by atoms with Gasteiger partial charge in [0.2, 0.25) is 0 Å². The highest BCUT2D eigenvalue weighted by Gasteiger charge is 2.44. The van der Waals surface area contributed by atoms with Gasteiger partial charge in [-0.1, -0.05) is 186 Å². The molecule has 10 aromatic rings. The third kappa shape index (κ3) is 7.06. The third-order valence-electron chi connectivity index (χ3n) is 20.4. The van der Waals surface area contributed by atoms with E-state index >= 15 is 0 Å². The summed E-state index contributed by atoms with van der Waals surface area (Å²) >= 11 is 0. The molecule has 0 aliphatic heterocycles. The SMILES string of the molecule is CC(C)c1c2ccc(N(c3ccccc3)c3ccc4c(c3)C(C)(C)c3cc5c(cc3-4)C(C)(C)c3ccccc3-5)cc2c(C(C)C)c2ccc(N(c3ccccc3)c3ccc4c(c3)C(C)(C)c3cc5c(cc3-4)C(C)(C)C3=C5C=CCC3)cc12. The van der Waals surface area contributed by atoms with Gasteiger partial charge in [-0.3, -0.25) is 0 Å². The average molecular weight is 1060 g/mol. The van der Waals surface area contributed by atoms with E-state index in [9.17, 15) is 0 Å². The van der Waals surface area contributed by atoms with Crippen LogP contribution in [0.25, 0.3) is 60.5 Å². The van der Waals surface area contributed by atoms with Crippen LogP contribution in [0.4, 0.5) is 34.1 Å². The van der Waals surface area contributed by atoms with Crippen molar-refractivity contribution in [3.8, 4) is 33.4 Å². The molecule has 10 aromatic carbocycles. The summed E-state index contributed by atoms with van der Waals surface area (Å²) in [5, 5.41) is 5.30. The number of anilines is 6. The van der Waals surface area contributed by atoms with E-state index in [0.717, 1.165) is 29.9 Å². The van der Waals surface area contributed by atoms with Gasteiger partial charge < -0.3 is 9.80 Å². The number of hydrogen-bond acceptors (Lipinski definition) is 2. The summed E-state index contributed by atoms with van der Waals surface area (Å²) in [7, 11) is 0. The summed E-state index contributed by atoms with van der Waals surface area (Å²) in [5.41, 5.74) is 32.0. The van der Waals surface area contributed by atoms with Crippen LogP contribution >= 0.6 is 0 Å². The molecule has 0 amide bonds. The second-order valence-electron chi connectivity index (χ2n) is 27.2. The Hall–Kier alpha value is -8.20. The topological polar surface area (TPSA) is 6.48 Å². The largest absolute Gasteiger partial charge is 0.310 e. The minimum atomic E-state index is -0.190. The van der Waals surface area contributed by atoms with Crippen molar-refractivity contribution in [3.63, 3.8) is 0 Å². The third-order valence-corrected chi connectivity index (χ3v) is 20.4. The van der Waals surface area contributed by atoms with Gasteiger partial charge in [-0.25, -0.2) is 0 Å². The molecule has 0 spiro atoms. The second-order valence-corrected chi connectivity index (χ2v) is 27.2. The van der Waals surface area contributed by atoms with Crippen molar-refractivity contribution in [3.05, 3.63) is 255 Å². The number of para-hydroxylation sites is 2. The van der Waals surface area contributed by atoms with E-state index in [0.29, 0.717) is 0 Å². The fraction of sp³-hybridized carbons (Fsp3) is 0.250. The molecule has 0 atom stereocenters. The standard InChI is InChI=1S/C80H74N2/c1-47(2)75-59-37-33-52(82(50-25-17-14-18-26-50)54-32-36-58-64-46-72-62(44-74(64)80(11,12)70(58)42-54)56-28-20-22-30-68(56)78(72,7)8)40-66(59)76(48(3)4)60-38-34-51(39-65(60)75)81(49-23-15-13-16-24-49)53-31-35-57-63-45-71-61(43-73(63)79(9,10)69(57)41-53)55-27-19-21-29-67(55)77(71,5)6/h13-21,23-29,31-48H,22,30H2,1-12H3. The highest BCUT2D eigenvalue weighted by Crippen LogP contribution is 2.60. The predicted molar refractivity (Wildman–Crippen MR) is 350 cm³/mol. The molecule has 0 aromatic heterocycles. The van der Waals surface area contributed by atoms with E-state index in [2.05, 4.69) is 287 Å². The molecule has 15 rings (SSSR count). The van der Waals surface area contributed by atoms with Crippen LogP contribution in [-0.2, 0) is 21.7 Å². The molecule has 0 saturated heterocycles. The maximum absolute atomic E-state index is 2.56. The van der Waals surface area contributed by atoms with Crippen molar-refractivity contribution in [2.24, 2.45) is 0 Å². The summed E-state index contributed by atoms with van der Waals surface area (Å²) in [6.45, 7) is 28.9. The Kier molecular flexibility index (Phi) is 10.9. The minimum Gasteiger partial charge on any atom is -0.310 e. The Morgan fingerprint density at radius 1 is 0.317 bits per heavy atom. The van der Waals surface area contributed by atoms with Gasteiger partial charge in [0.15, 0.2) is 0 Å². The average Bonchev–Trinajstić information content (AvgIpc) is 2.54. The van der Waals surface area contributed by atoms with E-state index in [1.807, 2.05) is 0 Å². The van der Waals surface area contributed by atoms with Gasteiger partial charge >= 0.3 is 0 Å². The Morgan fingerprint density at radius 2 is 0.695 bits per heavy atom. The Bertz CT molecular complexity index is 4440. The zero-order valence-corrected chi connectivity index (χ0v) is 49.9. The van der Waals surface area contributed by atoms with Gasteiger partial charge in [0.05, 0.1) is 0 Å². The van der Waals surface area contributed by atoms with Gasteiger partial charge in [0.25, 0.3) is 0 Å². The van der Waals surface area contributed by atoms with Crippen molar-refractivity contribution in [2.75, 3.05) is 9.80 Å². The lowest BCUT2D eigenvalue weighted by molar-refractivity contribution is 0.606. The minimum absolute atomic E-state index is 0.0277. The van der Waals surface area contributed by atoms with Crippen LogP contribution < -0.4 is 9.80 Å². The smallest absolute Gasteiger partial charge is 0.0468 e. The van der Waals surface area contributed by atoms with E-state index in [1.54, 1.807) is 5.57 Å². The molecule has 2 nitrogen and oxygen atoms in total. The summed E-state index contributed by atoms with van der Waals surface area (Å²) < 4.78 is 0. The molecule has 0 bridgehead atoms. The quantitative estimate of drug-likeness (QED) is 0.140. The normalized spacial score (nSPS) is 16.7. The second kappa shape index (κ2) is 17.7. The maximum Gasteiger partial charge on any atom is 0.0468 e. The fourth-order valence-electron chi connectivity index (χ4n) is 16.3. The van der Waals surface area contributed by atoms with Crippen LogP contribution in [0, 0.1) is 0 Å². The molecule has 0 N–H and O–H groups in total. The first-order chi connectivity index (χ1) is 39.3. The van der Waals surface area contributed by atoms with Crippen molar-refractivity contribution in [2.45, 2.75) is 129 Å². The van der Waals surface area contributed by atoms with Gasteiger partial charge in [-0.05, 0) is 238 Å². The molecule has 0 fully saturated rings. The van der Waals surface area contributed by atoms with Crippen LogP contribution in [-0.4, -0.2) is 0 Å². The molecule has 0 unspecified atom stereocenters. The molecule has 2 heteroatoms. The molecule has 0 radical (unpaired) electrons. The van der Waals surface area contributed by atoms with E-state index in [4.69, 9.17) is 0 Å². The van der Waals surface area contributed by atoms with Gasteiger partial charge in [-0.2, -0.15) is 0 Å². The number of fused-ring (bicyclic) bond motifs is 13. The molecule has 5 aliphatic rings. The van der Waals surface area contributed by atoms with Crippen molar-refractivity contribution >= 4 is 61.2 Å². The molecule has 404 valence electrons. The number of rotatable bonds is 8. The lowest BCUT2D eigenvalue weighted by Crippen LogP contribution is -2.19. The first-order valence-electron chi connectivity index (χ1n) is 30.3. The zero-order chi connectivity index (χ0) is 56.5. The summed E-state index contributed by atoms with van der Waals surface area (Å²) in [4.78, 5) is 4.99. The Labute approximate surface area is 486 Å². The summed E-state index contributed by atoms with van der Waals surface area (Å²) in [5.74, 6) is 0.538. The van der Waals surface area contributed by atoms with Crippen molar-refractivity contribution < 1.29 is 0 Å². The predicted octanol–water partition coefficient (Wildman–Crippen LogP) is 22.5. The highest BCUT2D eigenvalue weighted by atomic mass is 15.1. The summed E-state index contributed by atoms with van der Waals surface area (Å²) in [6, 6.07) is 70.5. The van der Waals surface area contributed by atoms with E-state index in [-0.39, 0.29) is 33.5 Å². The lowest BCUT2D eigenvalue weighted by Gasteiger charge is -2.30. The number of benzene rings is 10. The van der Waals surface area contributed by atoms with Crippen LogP contribution in [0.5, 0.6) is 0 Å². The molecular formula is C80H74N2. The van der Waals surface area contributed by atoms with Crippen LogP contribution in [0.2, 0.25) is 0 Å². The first-order valence-corrected chi connectivity index (χ1v) is 30.3. The highest BCUT2D eigenvalue weighted by molar-refractivity contribution is 6.09. The van der Waals surface area contributed by atoms with Gasteiger partial charge in [-0.15, -0.1) is 0 Å². The number of allylic oxidation sites excluding steroid dienone is 4. The van der Waals surface area contributed by atoms with Crippen LogP contribution in [0.15, 0.2) is 200 Å². The van der Waals surface area contributed by atoms with E-state index in [1.165, 1.54) is 133 Å². The number of nitrogens with zero attached hydrogens (tertiary/aromatic N) is 2. The number of hydrogen-bond donors (Lipinski definition) is 0. The monoisotopic (exact) mass is 1060 g/mol. The summed E-state index contributed by atoms with van der Waals surface area (Å²) in [6.07, 6.45) is 7.06. The molecule has 0 saturated carbocycles. The Balaban J connectivity index is 0.853. The zero-order valence-electron chi connectivity index (χ0n) is 49.9. The molecule has 5 aliphatic carbocycles. The lowest BCUT2D eigenvalue weighted by atomic mass is 9.77. The van der Waals surface area contributed by atoms with Crippen LogP contribution in [0.1, 0.15) is 163 Å². The van der Waals surface area contributed by atoms with Crippen LogP contribution in [0.3, 0.4) is 0 Å². The maximum atomic E-state index is 2.56.